The largest absolute Gasteiger partial charge is 0.326 e. The molecule has 4 heteroatoms. The van der Waals surface area contributed by atoms with Crippen LogP contribution in [0.15, 0.2) is 24.3 Å². The highest BCUT2D eigenvalue weighted by molar-refractivity contribution is 5.93. The van der Waals surface area contributed by atoms with Crippen molar-refractivity contribution >= 4 is 24.0 Å². The average Bonchev–Trinajstić information content (AvgIpc) is 2.15. The van der Waals surface area contributed by atoms with E-state index in [2.05, 4.69) is 5.32 Å². The SMILES string of the molecule is CC(N)c1ccc(NC(=O)C2CCC2)cc1.Cl. The molecule has 0 radical (unpaired) electrons. The second-order valence-electron chi connectivity index (χ2n) is 4.53. The van der Waals surface area contributed by atoms with Gasteiger partial charge in [-0.05, 0) is 37.5 Å². The number of carbonyl (C=O) groups is 1. The number of halogens is 1. The van der Waals surface area contributed by atoms with Gasteiger partial charge in [-0.15, -0.1) is 12.4 Å². The van der Waals surface area contributed by atoms with Gasteiger partial charge in [-0.1, -0.05) is 18.6 Å². The van der Waals surface area contributed by atoms with E-state index in [-0.39, 0.29) is 30.3 Å². The lowest BCUT2D eigenvalue weighted by molar-refractivity contribution is -0.122. The fourth-order valence-corrected chi connectivity index (χ4v) is 1.78. The topological polar surface area (TPSA) is 55.1 Å². The van der Waals surface area contributed by atoms with Gasteiger partial charge in [0.05, 0.1) is 0 Å². The van der Waals surface area contributed by atoms with Gasteiger partial charge in [-0.2, -0.15) is 0 Å². The van der Waals surface area contributed by atoms with Crippen molar-refractivity contribution in [3.63, 3.8) is 0 Å². The number of anilines is 1. The molecule has 17 heavy (non-hydrogen) atoms. The minimum Gasteiger partial charge on any atom is -0.326 e. The van der Waals surface area contributed by atoms with Crippen molar-refractivity contribution < 1.29 is 4.79 Å². The van der Waals surface area contributed by atoms with Crippen LogP contribution in [0.1, 0.15) is 37.8 Å². The molecule has 3 nitrogen and oxygen atoms in total. The predicted octanol–water partition coefficient (Wildman–Crippen LogP) is 2.87. The maximum atomic E-state index is 11.7. The first-order valence-corrected chi connectivity index (χ1v) is 5.83. The Labute approximate surface area is 108 Å². The summed E-state index contributed by atoms with van der Waals surface area (Å²) in [5.74, 6) is 0.382. The zero-order chi connectivity index (χ0) is 11.5. The molecule has 1 aliphatic carbocycles. The van der Waals surface area contributed by atoms with E-state index in [1.54, 1.807) is 0 Å². The molecule has 0 aliphatic heterocycles. The molecule has 94 valence electrons. The lowest BCUT2D eigenvalue weighted by Crippen LogP contribution is -2.28. The van der Waals surface area contributed by atoms with Gasteiger partial charge in [-0.3, -0.25) is 4.79 Å². The third-order valence-corrected chi connectivity index (χ3v) is 3.18. The lowest BCUT2D eigenvalue weighted by Gasteiger charge is -2.24. The van der Waals surface area contributed by atoms with E-state index in [4.69, 9.17) is 5.73 Å². The fraction of sp³-hybridized carbons (Fsp3) is 0.462. The van der Waals surface area contributed by atoms with E-state index < -0.39 is 0 Å². The van der Waals surface area contributed by atoms with Crippen molar-refractivity contribution in [3.8, 4) is 0 Å². The summed E-state index contributed by atoms with van der Waals surface area (Å²) in [6.45, 7) is 1.95. The minimum absolute atomic E-state index is 0. The van der Waals surface area contributed by atoms with Crippen molar-refractivity contribution in [3.05, 3.63) is 29.8 Å². The molecule has 1 aromatic rings. The molecule has 1 saturated carbocycles. The summed E-state index contributed by atoms with van der Waals surface area (Å²) in [7, 11) is 0. The third-order valence-electron chi connectivity index (χ3n) is 3.18. The number of carbonyl (C=O) groups excluding carboxylic acids is 1. The standard InChI is InChI=1S/C13H18N2O.ClH/c1-9(14)10-5-7-12(8-6-10)15-13(16)11-3-2-4-11;/h5-9,11H,2-4,14H2,1H3,(H,15,16);1H. The molecule has 2 rings (SSSR count). The summed E-state index contributed by atoms with van der Waals surface area (Å²) in [6.07, 6.45) is 3.25. The van der Waals surface area contributed by atoms with Crippen LogP contribution >= 0.6 is 12.4 Å². The number of rotatable bonds is 3. The zero-order valence-electron chi connectivity index (χ0n) is 9.98. The number of hydrogen-bond donors (Lipinski definition) is 2. The van der Waals surface area contributed by atoms with Crippen LogP contribution in [0.3, 0.4) is 0 Å². The molecule has 1 amide bonds. The fourth-order valence-electron chi connectivity index (χ4n) is 1.78. The molecular formula is C13H19ClN2O. The molecule has 0 bridgehead atoms. The summed E-state index contributed by atoms with van der Waals surface area (Å²) < 4.78 is 0. The second kappa shape index (κ2) is 6.03. The Morgan fingerprint density at radius 2 is 1.94 bits per heavy atom. The summed E-state index contributed by atoms with van der Waals surface area (Å²) in [5.41, 5.74) is 7.70. The van der Waals surface area contributed by atoms with E-state index in [1.807, 2.05) is 31.2 Å². The van der Waals surface area contributed by atoms with Crippen molar-refractivity contribution in [2.75, 3.05) is 5.32 Å². The normalized spacial score (nSPS) is 16.6. The van der Waals surface area contributed by atoms with Crippen LogP contribution in [0.4, 0.5) is 5.69 Å². The van der Waals surface area contributed by atoms with Crippen molar-refractivity contribution in [1.82, 2.24) is 0 Å². The smallest absolute Gasteiger partial charge is 0.227 e. The molecule has 1 aliphatic rings. The van der Waals surface area contributed by atoms with Crippen LogP contribution in [-0.2, 0) is 4.79 Å². The van der Waals surface area contributed by atoms with Gasteiger partial charge in [-0.25, -0.2) is 0 Å². The molecule has 0 aromatic heterocycles. The van der Waals surface area contributed by atoms with Crippen LogP contribution in [0, 0.1) is 5.92 Å². The van der Waals surface area contributed by atoms with E-state index in [0.29, 0.717) is 0 Å². The van der Waals surface area contributed by atoms with Crippen LogP contribution < -0.4 is 11.1 Å². The van der Waals surface area contributed by atoms with Crippen molar-refractivity contribution in [2.24, 2.45) is 11.7 Å². The summed E-state index contributed by atoms with van der Waals surface area (Å²) in [5, 5.41) is 2.93. The Bertz CT molecular complexity index is 372. The second-order valence-corrected chi connectivity index (χ2v) is 4.53. The van der Waals surface area contributed by atoms with Crippen molar-refractivity contribution in [2.45, 2.75) is 32.2 Å². The molecular weight excluding hydrogens is 236 g/mol. The van der Waals surface area contributed by atoms with E-state index in [9.17, 15) is 4.79 Å². The summed E-state index contributed by atoms with van der Waals surface area (Å²) >= 11 is 0. The number of nitrogens with one attached hydrogen (secondary N) is 1. The lowest BCUT2D eigenvalue weighted by atomic mass is 9.85. The van der Waals surface area contributed by atoms with Gasteiger partial charge >= 0.3 is 0 Å². The first-order chi connectivity index (χ1) is 7.66. The van der Waals surface area contributed by atoms with Gasteiger partial charge in [0.2, 0.25) is 5.91 Å². The average molecular weight is 255 g/mol. The molecule has 1 unspecified atom stereocenters. The van der Waals surface area contributed by atoms with Crippen molar-refractivity contribution in [1.29, 1.82) is 0 Å². The Morgan fingerprint density at radius 1 is 1.35 bits per heavy atom. The third kappa shape index (κ3) is 3.45. The first-order valence-electron chi connectivity index (χ1n) is 5.83. The highest BCUT2D eigenvalue weighted by atomic mass is 35.5. The molecule has 1 aromatic carbocycles. The molecule has 1 atom stereocenters. The highest BCUT2D eigenvalue weighted by Crippen LogP contribution is 2.27. The van der Waals surface area contributed by atoms with Gasteiger partial charge in [0.1, 0.15) is 0 Å². The quantitative estimate of drug-likeness (QED) is 0.872. The van der Waals surface area contributed by atoms with Gasteiger partial charge in [0.15, 0.2) is 0 Å². The maximum absolute atomic E-state index is 11.7. The minimum atomic E-state index is 0. The zero-order valence-corrected chi connectivity index (χ0v) is 10.8. The molecule has 3 N–H and O–H groups in total. The Hall–Kier alpha value is -1.06. The highest BCUT2D eigenvalue weighted by Gasteiger charge is 2.24. The summed E-state index contributed by atoms with van der Waals surface area (Å²) in [6, 6.07) is 7.78. The first kappa shape index (κ1) is 14.0. The van der Waals surface area contributed by atoms with Crippen LogP contribution in [0.5, 0.6) is 0 Å². The number of hydrogen-bond acceptors (Lipinski definition) is 2. The van der Waals surface area contributed by atoms with E-state index >= 15 is 0 Å². The predicted molar refractivity (Wildman–Crippen MR) is 72.3 cm³/mol. The van der Waals surface area contributed by atoms with Gasteiger partial charge < -0.3 is 11.1 Å². The molecule has 0 saturated heterocycles. The monoisotopic (exact) mass is 254 g/mol. The van der Waals surface area contributed by atoms with E-state index in [1.165, 1.54) is 6.42 Å². The Morgan fingerprint density at radius 3 is 2.35 bits per heavy atom. The Balaban J connectivity index is 0.00000144. The van der Waals surface area contributed by atoms with Gasteiger partial charge in [0.25, 0.3) is 0 Å². The van der Waals surface area contributed by atoms with Crippen LogP contribution in [0.2, 0.25) is 0 Å². The maximum Gasteiger partial charge on any atom is 0.227 e. The van der Waals surface area contributed by atoms with Crippen LogP contribution in [-0.4, -0.2) is 5.91 Å². The van der Waals surface area contributed by atoms with E-state index in [0.717, 1.165) is 24.1 Å². The molecule has 0 spiro atoms. The van der Waals surface area contributed by atoms with Gasteiger partial charge in [0, 0.05) is 17.6 Å². The number of amides is 1. The summed E-state index contributed by atoms with van der Waals surface area (Å²) in [4.78, 5) is 11.7. The molecule has 1 fully saturated rings. The number of nitrogens with two attached hydrogens (primary N) is 1. The Kier molecular flexibility index (Phi) is 4.97. The van der Waals surface area contributed by atoms with Crippen LogP contribution in [0.25, 0.3) is 0 Å². The molecule has 0 heterocycles. The number of benzene rings is 1.